The van der Waals surface area contributed by atoms with E-state index in [9.17, 15) is 19.5 Å². The van der Waals surface area contributed by atoms with Crippen LogP contribution in [0.1, 0.15) is 53.4 Å². The average molecular weight is 476 g/mol. The van der Waals surface area contributed by atoms with Crippen molar-refractivity contribution in [3.05, 3.63) is 25.3 Å². The van der Waals surface area contributed by atoms with Gasteiger partial charge in [-0.25, -0.2) is 0 Å². The summed E-state index contributed by atoms with van der Waals surface area (Å²) in [6.45, 7) is 16.4. The Kier molecular flexibility index (Phi) is 8.24. The Morgan fingerprint density at radius 1 is 1.24 bits per heavy atom. The fourth-order valence-electron chi connectivity index (χ4n) is 6.24. The summed E-state index contributed by atoms with van der Waals surface area (Å²) in [7, 11) is 0. The molecular weight excluding hydrogens is 434 g/mol. The van der Waals surface area contributed by atoms with E-state index in [1.165, 1.54) is 0 Å². The predicted octanol–water partition coefficient (Wildman–Crippen LogP) is 1.98. The smallest absolute Gasteiger partial charge is 0.248 e. The minimum atomic E-state index is -1.05. The van der Waals surface area contributed by atoms with Gasteiger partial charge in [0.1, 0.15) is 11.6 Å². The standard InChI is InChI=1S/C26H41N3O5/c1-7-13-27(14-8-2)23(31)20-19-11-12-26(34-19)21(20)24(32)29(18(10-4)16-30)22(26)25(33)28(15-9-3)17(5)6/h7,9,17-22,30H,1,3,8,10-16H2,2,4-6H3/t18-,19+,20-,21-,22?,26?/m0/s1. The van der Waals surface area contributed by atoms with Crippen LogP contribution in [0.2, 0.25) is 0 Å². The van der Waals surface area contributed by atoms with E-state index in [0.717, 1.165) is 6.42 Å². The van der Waals surface area contributed by atoms with E-state index < -0.39 is 29.5 Å². The largest absolute Gasteiger partial charge is 0.394 e. The van der Waals surface area contributed by atoms with Gasteiger partial charge in [0.2, 0.25) is 17.7 Å². The molecule has 1 spiro atoms. The first-order valence-electron chi connectivity index (χ1n) is 12.7. The van der Waals surface area contributed by atoms with Crippen LogP contribution in [0.3, 0.4) is 0 Å². The third-order valence-corrected chi connectivity index (χ3v) is 7.72. The molecule has 3 fully saturated rings. The highest BCUT2D eigenvalue weighted by Gasteiger charge is 2.75. The van der Waals surface area contributed by atoms with Gasteiger partial charge in [-0.1, -0.05) is 26.0 Å². The van der Waals surface area contributed by atoms with Crippen molar-refractivity contribution in [2.45, 2.75) is 83.2 Å². The molecule has 8 heteroatoms. The van der Waals surface area contributed by atoms with Crippen LogP contribution in [-0.4, -0.2) is 93.6 Å². The highest BCUT2D eigenvalue weighted by molar-refractivity contribution is 5.99. The molecule has 0 aromatic carbocycles. The van der Waals surface area contributed by atoms with E-state index in [1.54, 1.807) is 26.9 Å². The Balaban J connectivity index is 2.08. The second-order valence-corrected chi connectivity index (χ2v) is 9.99. The second-order valence-electron chi connectivity index (χ2n) is 9.99. The highest BCUT2D eigenvalue weighted by Crippen LogP contribution is 2.59. The van der Waals surface area contributed by atoms with Gasteiger partial charge in [0.25, 0.3) is 0 Å². The van der Waals surface area contributed by atoms with Crippen molar-refractivity contribution in [1.82, 2.24) is 14.7 Å². The van der Waals surface area contributed by atoms with Crippen LogP contribution in [0, 0.1) is 11.8 Å². The number of carbonyl (C=O) groups is 3. The van der Waals surface area contributed by atoms with Gasteiger partial charge in [-0.15, -0.1) is 13.2 Å². The Morgan fingerprint density at radius 2 is 1.91 bits per heavy atom. The summed E-state index contributed by atoms with van der Waals surface area (Å²) in [4.78, 5) is 46.7. The monoisotopic (exact) mass is 475 g/mol. The van der Waals surface area contributed by atoms with Gasteiger partial charge in [0, 0.05) is 25.7 Å². The molecule has 34 heavy (non-hydrogen) atoms. The summed E-state index contributed by atoms with van der Waals surface area (Å²) in [5.74, 6) is -1.92. The second kappa shape index (κ2) is 10.6. The van der Waals surface area contributed by atoms with E-state index in [1.807, 2.05) is 27.7 Å². The van der Waals surface area contributed by atoms with Crippen molar-refractivity contribution in [2.75, 3.05) is 26.2 Å². The number of carbonyl (C=O) groups excluding carboxylic acids is 3. The summed E-state index contributed by atoms with van der Waals surface area (Å²) in [5.41, 5.74) is -1.05. The van der Waals surface area contributed by atoms with E-state index in [4.69, 9.17) is 4.74 Å². The van der Waals surface area contributed by atoms with Crippen molar-refractivity contribution in [2.24, 2.45) is 11.8 Å². The molecule has 3 rings (SSSR count). The summed E-state index contributed by atoms with van der Waals surface area (Å²) in [6.07, 6.45) is 5.45. The number of nitrogens with zero attached hydrogens (tertiary/aromatic N) is 3. The number of hydrogen-bond acceptors (Lipinski definition) is 5. The lowest BCUT2D eigenvalue weighted by molar-refractivity contribution is -0.152. The van der Waals surface area contributed by atoms with E-state index in [-0.39, 0.29) is 36.5 Å². The summed E-state index contributed by atoms with van der Waals surface area (Å²) >= 11 is 0. The fraction of sp³-hybridized carbons (Fsp3) is 0.731. The maximum Gasteiger partial charge on any atom is 0.248 e. The molecule has 190 valence electrons. The molecule has 6 atom stereocenters. The quantitative estimate of drug-likeness (QED) is 0.436. The van der Waals surface area contributed by atoms with Gasteiger partial charge in [-0.05, 0) is 39.5 Å². The number of amides is 3. The molecule has 2 bridgehead atoms. The molecule has 3 saturated heterocycles. The first kappa shape index (κ1) is 26.4. The number of fused-ring (bicyclic) bond motifs is 1. The van der Waals surface area contributed by atoms with Gasteiger partial charge < -0.3 is 24.5 Å². The first-order chi connectivity index (χ1) is 16.2. The van der Waals surface area contributed by atoms with E-state index in [2.05, 4.69) is 13.2 Å². The predicted molar refractivity (Wildman–Crippen MR) is 130 cm³/mol. The first-order valence-corrected chi connectivity index (χ1v) is 12.7. The van der Waals surface area contributed by atoms with Gasteiger partial charge in [-0.2, -0.15) is 0 Å². The molecule has 3 aliphatic rings. The van der Waals surface area contributed by atoms with Crippen molar-refractivity contribution < 1.29 is 24.2 Å². The SMILES string of the molecule is C=CCN(CCC)C(=O)[C@@H]1[C@H]2C(=O)N([C@@H](CC)CO)C(C(=O)N(CC=C)C(C)C)C23CC[C@H]1O3. The number of hydrogen-bond donors (Lipinski definition) is 1. The van der Waals surface area contributed by atoms with Gasteiger partial charge in [0.15, 0.2) is 0 Å². The van der Waals surface area contributed by atoms with Crippen molar-refractivity contribution >= 4 is 17.7 Å². The molecule has 0 radical (unpaired) electrons. The van der Waals surface area contributed by atoms with E-state index in [0.29, 0.717) is 38.9 Å². The van der Waals surface area contributed by atoms with E-state index >= 15 is 0 Å². The van der Waals surface area contributed by atoms with Crippen LogP contribution in [0.25, 0.3) is 0 Å². The molecule has 3 heterocycles. The lowest BCUT2D eigenvalue weighted by Gasteiger charge is -2.40. The summed E-state index contributed by atoms with van der Waals surface area (Å²) in [6, 6.07) is -1.49. The molecule has 1 N–H and O–H groups in total. The maximum atomic E-state index is 14.0. The molecule has 0 aromatic heterocycles. The zero-order valence-electron chi connectivity index (χ0n) is 21.1. The van der Waals surface area contributed by atoms with Crippen molar-refractivity contribution in [3.8, 4) is 0 Å². The molecule has 2 unspecified atom stereocenters. The zero-order valence-corrected chi connectivity index (χ0v) is 21.1. The topological polar surface area (TPSA) is 90.4 Å². The Bertz CT molecular complexity index is 810. The average Bonchev–Trinajstić information content (AvgIpc) is 3.45. The minimum Gasteiger partial charge on any atom is -0.394 e. The molecular formula is C26H41N3O5. The number of likely N-dealkylation sites (tertiary alicyclic amines) is 1. The maximum absolute atomic E-state index is 14.0. The Labute approximate surface area is 203 Å². The van der Waals surface area contributed by atoms with Crippen LogP contribution in [0.5, 0.6) is 0 Å². The third kappa shape index (κ3) is 4.09. The molecule has 3 aliphatic heterocycles. The van der Waals surface area contributed by atoms with Crippen LogP contribution in [0.4, 0.5) is 0 Å². The number of aliphatic hydroxyl groups excluding tert-OH is 1. The van der Waals surface area contributed by atoms with Crippen LogP contribution in [-0.2, 0) is 19.1 Å². The van der Waals surface area contributed by atoms with Crippen LogP contribution in [0.15, 0.2) is 25.3 Å². The normalized spacial score (nSPS) is 30.4. The van der Waals surface area contributed by atoms with Crippen LogP contribution >= 0.6 is 0 Å². The number of aliphatic hydroxyl groups is 1. The Hall–Kier alpha value is -2.19. The molecule has 3 amide bonds. The summed E-state index contributed by atoms with van der Waals surface area (Å²) in [5, 5.41) is 10.1. The molecule has 0 aromatic rings. The van der Waals surface area contributed by atoms with Gasteiger partial charge >= 0.3 is 0 Å². The Morgan fingerprint density at radius 3 is 2.44 bits per heavy atom. The number of rotatable bonds is 12. The molecule has 0 saturated carbocycles. The van der Waals surface area contributed by atoms with Crippen LogP contribution < -0.4 is 0 Å². The van der Waals surface area contributed by atoms with Gasteiger partial charge in [0.05, 0.1) is 30.6 Å². The fourth-order valence-corrected chi connectivity index (χ4v) is 6.24. The zero-order chi connectivity index (χ0) is 25.2. The third-order valence-electron chi connectivity index (χ3n) is 7.72. The lowest BCUT2D eigenvalue weighted by Crippen LogP contribution is -2.59. The highest BCUT2D eigenvalue weighted by atomic mass is 16.5. The van der Waals surface area contributed by atoms with Crippen molar-refractivity contribution in [1.29, 1.82) is 0 Å². The summed E-state index contributed by atoms with van der Waals surface area (Å²) < 4.78 is 6.51. The lowest BCUT2D eigenvalue weighted by atomic mass is 9.70. The minimum absolute atomic E-state index is 0.101. The molecule has 0 aliphatic carbocycles. The van der Waals surface area contributed by atoms with Crippen molar-refractivity contribution in [3.63, 3.8) is 0 Å². The van der Waals surface area contributed by atoms with Gasteiger partial charge in [-0.3, -0.25) is 14.4 Å². The molecule has 8 nitrogen and oxygen atoms in total. The number of ether oxygens (including phenoxy) is 1.